The van der Waals surface area contributed by atoms with Crippen molar-refractivity contribution in [3.63, 3.8) is 0 Å². The number of hydrogen-bond donors (Lipinski definition) is 1. The monoisotopic (exact) mass is 403 g/mol. The van der Waals surface area contributed by atoms with Gasteiger partial charge in [-0.25, -0.2) is 4.68 Å². The minimum absolute atomic E-state index is 0.0909. The minimum Gasteiger partial charge on any atom is -0.351 e. The smallest absolute Gasteiger partial charge is 0.234 e. The van der Waals surface area contributed by atoms with Crippen LogP contribution in [0.3, 0.4) is 0 Å². The van der Waals surface area contributed by atoms with Gasteiger partial charge in [0.1, 0.15) is 0 Å². The fourth-order valence-corrected chi connectivity index (χ4v) is 3.69. The van der Waals surface area contributed by atoms with Gasteiger partial charge < -0.3 is 5.32 Å². The van der Waals surface area contributed by atoms with Gasteiger partial charge in [0.2, 0.25) is 5.91 Å². The molecule has 1 saturated heterocycles. The Morgan fingerprint density at radius 1 is 0.933 bits per heavy atom. The molecule has 1 aliphatic heterocycles. The Hall–Kier alpha value is -2.96. The minimum atomic E-state index is 0.0909. The van der Waals surface area contributed by atoms with E-state index in [1.165, 1.54) is 11.1 Å². The topological polar surface area (TPSA) is 53.4 Å². The van der Waals surface area contributed by atoms with Crippen molar-refractivity contribution in [1.82, 2.24) is 24.9 Å². The molecule has 0 spiro atoms. The molecular weight excluding hydrogens is 374 g/mol. The Morgan fingerprint density at radius 3 is 2.37 bits per heavy atom. The second-order valence-electron chi connectivity index (χ2n) is 7.94. The summed E-state index contributed by atoms with van der Waals surface area (Å²) in [5, 5.41) is 7.51. The van der Waals surface area contributed by atoms with E-state index in [4.69, 9.17) is 0 Å². The zero-order chi connectivity index (χ0) is 20.8. The van der Waals surface area contributed by atoms with Crippen molar-refractivity contribution in [2.24, 2.45) is 0 Å². The SMILES string of the molecule is Cc1ccc(CNC(=O)CN2CCN(Cc3cnn(-c4ccccc4)c3)CC2)cc1. The first-order valence-corrected chi connectivity index (χ1v) is 10.5. The number of amides is 1. The molecule has 0 saturated carbocycles. The molecule has 1 fully saturated rings. The van der Waals surface area contributed by atoms with E-state index < -0.39 is 0 Å². The van der Waals surface area contributed by atoms with E-state index in [0.717, 1.165) is 44.0 Å². The van der Waals surface area contributed by atoms with Crippen LogP contribution in [0.15, 0.2) is 67.0 Å². The van der Waals surface area contributed by atoms with Crippen LogP contribution in [-0.2, 0) is 17.9 Å². The van der Waals surface area contributed by atoms with Gasteiger partial charge in [-0.05, 0) is 24.6 Å². The molecule has 1 amide bonds. The van der Waals surface area contributed by atoms with Crippen LogP contribution in [0, 0.1) is 6.92 Å². The molecule has 6 heteroatoms. The molecule has 3 aromatic rings. The van der Waals surface area contributed by atoms with Crippen LogP contribution in [0.5, 0.6) is 0 Å². The number of aromatic nitrogens is 2. The number of carbonyl (C=O) groups is 1. The van der Waals surface area contributed by atoms with Crippen LogP contribution in [0.2, 0.25) is 0 Å². The number of hydrogen-bond acceptors (Lipinski definition) is 4. The molecule has 30 heavy (non-hydrogen) atoms. The Balaban J connectivity index is 1.19. The lowest BCUT2D eigenvalue weighted by atomic mass is 10.1. The fraction of sp³-hybridized carbons (Fsp3) is 0.333. The standard InChI is InChI=1S/C24H29N5O/c1-20-7-9-21(10-8-20)15-25-24(30)19-28-13-11-27(12-14-28)17-22-16-26-29(18-22)23-5-3-2-4-6-23/h2-10,16,18H,11-15,17,19H2,1H3,(H,25,30). The van der Waals surface area contributed by atoms with Crippen molar-refractivity contribution in [3.8, 4) is 5.69 Å². The van der Waals surface area contributed by atoms with Crippen LogP contribution in [0.4, 0.5) is 0 Å². The lowest BCUT2D eigenvalue weighted by molar-refractivity contribution is -0.122. The summed E-state index contributed by atoms with van der Waals surface area (Å²) in [6, 6.07) is 18.4. The molecule has 0 radical (unpaired) electrons. The maximum absolute atomic E-state index is 12.3. The van der Waals surface area contributed by atoms with Crippen LogP contribution in [0.1, 0.15) is 16.7 Å². The van der Waals surface area contributed by atoms with Gasteiger partial charge >= 0.3 is 0 Å². The number of aryl methyl sites for hydroxylation is 1. The Kier molecular flexibility index (Phi) is 6.57. The van der Waals surface area contributed by atoms with Crippen LogP contribution >= 0.6 is 0 Å². The van der Waals surface area contributed by atoms with E-state index in [-0.39, 0.29) is 5.91 Å². The molecule has 0 atom stereocenters. The van der Waals surface area contributed by atoms with Crippen molar-refractivity contribution >= 4 is 5.91 Å². The van der Waals surface area contributed by atoms with Gasteiger partial charge in [0.15, 0.2) is 0 Å². The number of benzene rings is 2. The van der Waals surface area contributed by atoms with E-state index in [1.807, 2.05) is 29.1 Å². The maximum Gasteiger partial charge on any atom is 0.234 e. The average molecular weight is 404 g/mol. The molecule has 0 aliphatic carbocycles. The molecule has 4 rings (SSSR count). The number of nitrogens with one attached hydrogen (secondary N) is 1. The highest BCUT2D eigenvalue weighted by Crippen LogP contribution is 2.11. The van der Waals surface area contributed by atoms with Crippen LogP contribution < -0.4 is 5.32 Å². The molecule has 1 aromatic heterocycles. The maximum atomic E-state index is 12.3. The predicted molar refractivity (Wildman–Crippen MR) is 118 cm³/mol. The van der Waals surface area contributed by atoms with Gasteiger partial charge in [0.25, 0.3) is 0 Å². The quantitative estimate of drug-likeness (QED) is 0.659. The largest absolute Gasteiger partial charge is 0.351 e. The summed E-state index contributed by atoms with van der Waals surface area (Å²) in [4.78, 5) is 16.9. The van der Waals surface area contributed by atoms with Crippen LogP contribution in [0.25, 0.3) is 5.69 Å². The third kappa shape index (κ3) is 5.55. The van der Waals surface area contributed by atoms with Crippen molar-refractivity contribution in [2.45, 2.75) is 20.0 Å². The van der Waals surface area contributed by atoms with E-state index in [0.29, 0.717) is 13.1 Å². The highest BCUT2D eigenvalue weighted by Gasteiger charge is 2.19. The van der Waals surface area contributed by atoms with Crippen molar-refractivity contribution < 1.29 is 4.79 Å². The predicted octanol–water partition coefficient (Wildman–Crippen LogP) is 2.61. The zero-order valence-corrected chi connectivity index (χ0v) is 17.5. The average Bonchev–Trinajstić information content (AvgIpc) is 3.24. The molecular formula is C24H29N5O. The van der Waals surface area contributed by atoms with Crippen LogP contribution in [-0.4, -0.2) is 58.2 Å². The molecule has 2 heterocycles. The Labute approximate surface area is 178 Å². The van der Waals surface area contributed by atoms with E-state index in [2.05, 4.69) is 69.7 Å². The first-order chi connectivity index (χ1) is 14.7. The first kappa shape index (κ1) is 20.3. The summed E-state index contributed by atoms with van der Waals surface area (Å²) < 4.78 is 1.92. The van der Waals surface area contributed by atoms with E-state index in [1.54, 1.807) is 0 Å². The summed E-state index contributed by atoms with van der Waals surface area (Å²) in [7, 11) is 0. The number of para-hydroxylation sites is 1. The Morgan fingerprint density at radius 2 is 1.63 bits per heavy atom. The highest BCUT2D eigenvalue weighted by molar-refractivity contribution is 5.78. The molecule has 6 nitrogen and oxygen atoms in total. The van der Waals surface area contributed by atoms with Gasteiger partial charge in [0, 0.05) is 51.0 Å². The van der Waals surface area contributed by atoms with E-state index >= 15 is 0 Å². The van der Waals surface area contributed by atoms with Gasteiger partial charge in [-0.1, -0.05) is 48.0 Å². The normalized spacial score (nSPS) is 15.2. The second kappa shape index (κ2) is 9.69. The first-order valence-electron chi connectivity index (χ1n) is 10.5. The molecule has 0 unspecified atom stereocenters. The summed E-state index contributed by atoms with van der Waals surface area (Å²) in [5.41, 5.74) is 4.65. The summed E-state index contributed by atoms with van der Waals surface area (Å²) in [5.74, 6) is 0.0909. The highest BCUT2D eigenvalue weighted by atomic mass is 16.2. The summed E-state index contributed by atoms with van der Waals surface area (Å²) in [6.07, 6.45) is 4.04. The molecule has 156 valence electrons. The third-order valence-corrected chi connectivity index (χ3v) is 5.51. The second-order valence-corrected chi connectivity index (χ2v) is 7.94. The molecule has 1 aliphatic rings. The van der Waals surface area contributed by atoms with Gasteiger partial charge in [-0.3, -0.25) is 14.6 Å². The molecule has 2 aromatic carbocycles. The summed E-state index contributed by atoms with van der Waals surface area (Å²) in [6.45, 7) is 7.74. The van der Waals surface area contributed by atoms with Crippen molar-refractivity contribution in [1.29, 1.82) is 0 Å². The van der Waals surface area contributed by atoms with Crippen molar-refractivity contribution in [2.75, 3.05) is 32.7 Å². The number of piperazine rings is 1. The zero-order valence-electron chi connectivity index (χ0n) is 17.5. The van der Waals surface area contributed by atoms with E-state index in [9.17, 15) is 4.79 Å². The molecule has 1 N–H and O–H groups in total. The van der Waals surface area contributed by atoms with Gasteiger partial charge in [0.05, 0.1) is 18.4 Å². The lowest BCUT2D eigenvalue weighted by Gasteiger charge is -2.34. The van der Waals surface area contributed by atoms with Crippen molar-refractivity contribution in [3.05, 3.63) is 83.7 Å². The molecule has 0 bridgehead atoms. The summed E-state index contributed by atoms with van der Waals surface area (Å²) >= 11 is 0. The fourth-order valence-electron chi connectivity index (χ4n) is 3.69. The lowest BCUT2D eigenvalue weighted by Crippen LogP contribution is -2.49. The number of rotatable bonds is 7. The van der Waals surface area contributed by atoms with Gasteiger partial charge in [-0.2, -0.15) is 5.10 Å². The Bertz CT molecular complexity index is 943. The van der Waals surface area contributed by atoms with Gasteiger partial charge in [-0.15, -0.1) is 0 Å². The number of nitrogens with zero attached hydrogens (tertiary/aromatic N) is 4. The number of carbonyl (C=O) groups excluding carboxylic acids is 1. The third-order valence-electron chi connectivity index (χ3n) is 5.51.